The number of carbonyl (C=O) groups excluding carboxylic acids is 1. The van der Waals surface area contributed by atoms with E-state index in [-0.39, 0.29) is 18.0 Å². The lowest BCUT2D eigenvalue weighted by Gasteiger charge is -2.31. The van der Waals surface area contributed by atoms with Crippen molar-refractivity contribution in [2.24, 2.45) is 0 Å². The number of hydrogen-bond acceptors (Lipinski definition) is 4. The summed E-state index contributed by atoms with van der Waals surface area (Å²) in [7, 11) is 0. The van der Waals surface area contributed by atoms with Crippen LogP contribution in [0.3, 0.4) is 0 Å². The number of furan rings is 1. The highest BCUT2D eigenvalue weighted by Gasteiger charge is 2.35. The molecule has 1 amide bonds. The van der Waals surface area contributed by atoms with Crippen LogP contribution in [-0.4, -0.2) is 17.0 Å². The van der Waals surface area contributed by atoms with E-state index in [1.807, 2.05) is 54.8 Å². The van der Waals surface area contributed by atoms with Gasteiger partial charge in [0.1, 0.15) is 17.6 Å². The van der Waals surface area contributed by atoms with Gasteiger partial charge >= 0.3 is 0 Å². The Balaban J connectivity index is 1.53. The Morgan fingerprint density at radius 3 is 2.56 bits per heavy atom. The van der Waals surface area contributed by atoms with Crippen LogP contribution in [0.1, 0.15) is 53.8 Å². The number of halogens is 1. The van der Waals surface area contributed by atoms with Crippen LogP contribution in [0.15, 0.2) is 47.1 Å². The molecular weight excluding hydrogens is 424 g/mol. The van der Waals surface area contributed by atoms with Gasteiger partial charge in [0.05, 0.1) is 24.9 Å². The van der Waals surface area contributed by atoms with Gasteiger partial charge in [-0.1, -0.05) is 36.6 Å². The van der Waals surface area contributed by atoms with Gasteiger partial charge in [-0.3, -0.25) is 10.1 Å². The summed E-state index contributed by atoms with van der Waals surface area (Å²) in [5.74, 6) is 1.09. The number of aromatic nitrogens is 1. The summed E-state index contributed by atoms with van der Waals surface area (Å²) in [4.78, 5) is 13.0. The molecule has 0 aliphatic heterocycles. The first kappa shape index (κ1) is 22.2. The molecule has 3 aromatic rings. The highest BCUT2D eigenvalue weighted by molar-refractivity contribution is 6.30. The fourth-order valence-corrected chi connectivity index (χ4v) is 4.75. The summed E-state index contributed by atoms with van der Waals surface area (Å²) in [6.45, 7) is 4.44. The molecule has 2 heterocycles. The quantitative estimate of drug-likeness (QED) is 0.513. The second kappa shape index (κ2) is 9.23. The van der Waals surface area contributed by atoms with Gasteiger partial charge in [0.25, 0.3) is 0 Å². The van der Waals surface area contributed by atoms with Crippen molar-refractivity contribution in [2.45, 2.75) is 51.6 Å². The van der Waals surface area contributed by atoms with Crippen LogP contribution < -0.4 is 10.6 Å². The number of nitrogens with one attached hydrogen (secondary N) is 2. The third kappa shape index (κ3) is 4.32. The molecule has 1 aliphatic rings. The first-order valence-corrected chi connectivity index (χ1v) is 11.2. The number of nitriles is 1. The topological polar surface area (TPSA) is 83.0 Å². The molecule has 2 N–H and O–H groups in total. The van der Waals surface area contributed by atoms with Crippen molar-refractivity contribution in [1.29, 1.82) is 5.26 Å². The number of hydrogen-bond donors (Lipinski definition) is 2. The zero-order valence-electron chi connectivity index (χ0n) is 18.4. The molecule has 0 spiro atoms. The molecule has 2 aromatic heterocycles. The van der Waals surface area contributed by atoms with E-state index in [2.05, 4.69) is 16.7 Å². The Hall–Kier alpha value is -3.01. The molecule has 0 atom stereocenters. The zero-order valence-corrected chi connectivity index (χ0v) is 19.1. The maximum absolute atomic E-state index is 13.0. The van der Waals surface area contributed by atoms with Gasteiger partial charge in [-0.25, -0.2) is 0 Å². The fourth-order valence-electron chi connectivity index (χ4n) is 4.63. The van der Waals surface area contributed by atoms with Gasteiger partial charge in [0, 0.05) is 16.3 Å². The van der Waals surface area contributed by atoms with Crippen LogP contribution in [0, 0.1) is 25.2 Å². The van der Waals surface area contributed by atoms with Crippen molar-refractivity contribution >= 4 is 23.3 Å². The van der Waals surface area contributed by atoms with E-state index < -0.39 is 0 Å². The summed E-state index contributed by atoms with van der Waals surface area (Å²) in [5, 5.41) is 16.9. The molecule has 0 unspecified atom stereocenters. The number of benzene rings is 1. The average molecular weight is 451 g/mol. The Labute approximate surface area is 193 Å². The van der Waals surface area contributed by atoms with Gasteiger partial charge in [-0.15, -0.1) is 0 Å². The van der Waals surface area contributed by atoms with E-state index in [0.29, 0.717) is 22.9 Å². The van der Waals surface area contributed by atoms with E-state index in [1.165, 1.54) is 0 Å². The smallest absolute Gasteiger partial charge is 0.239 e. The van der Waals surface area contributed by atoms with E-state index in [0.717, 1.165) is 48.3 Å². The van der Waals surface area contributed by atoms with Crippen LogP contribution in [0.4, 0.5) is 5.82 Å². The second-order valence-electron chi connectivity index (χ2n) is 8.41. The third-order valence-corrected chi connectivity index (χ3v) is 6.79. The van der Waals surface area contributed by atoms with E-state index in [1.54, 1.807) is 6.26 Å². The fraction of sp³-hybridized carbons (Fsp3) is 0.360. The molecule has 1 aromatic carbocycles. The Kier molecular flexibility index (Phi) is 6.40. The van der Waals surface area contributed by atoms with Crippen LogP contribution in [0.25, 0.3) is 0 Å². The minimum atomic E-state index is -0.234. The lowest BCUT2D eigenvalue weighted by Crippen LogP contribution is -2.44. The van der Waals surface area contributed by atoms with Gasteiger partial charge in [0.2, 0.25) is 5.91 Å². The number of rotatable bonds is 7. The molecule has 1 fully saturated rings. The first-order valence-electron chi connectivity index (χ1n) is 10.9. The number of nitrogens with zero attached hydrogens (tertiary/aromatic N) is 2. The van der Waals surface area contributed by atoms with Crippen LogP contribution >= 0.6 is 11.6 Å². The van der Waals surface area contributed by atoms with Crippen molar-refractivity contribution in [2.75, 3.05) is 11.9 Å². The molecular formula is C25H27ClN4O2. The van der Waals surface area contributed by atoms with Gasteiger partial charge in [0.15, 0.2) is 0 Å². The number of carbonyl (C=O) groups is 1. The highest BCUT2D eigenvalue weighted by atomic mass is 35.5. The predicted molar refractivity (Wildman–Crippen MR) is 125 cm³/mol. The van der Waals surface area contributed by atoms with Crippen molar-refractivity contribution < 1.29 is 9.21 Å². The standard InChI is InChI=1S/C25H27ClN4O2/c1-17-18(2)30(16-21-6-5-13-32-21)24(22(17)14-27)29-23(31)15-28-25(11-3-4-12-25)19-7-9-20(26)10-8-19/h5-10,13,28H,3-4,11-12,15-16H2,1-2H3,(H,29,31). The van der Waals surface area contributed by atoms with Crippen molar-refractivity contribution in [3.05, 3.63) is 75.8 Å². The number of amides is 1. The number of anilines is 1. The molecule has 1 saturated carbocycles. The third-order valence-electron chi connectivity index (χ3n) is 6.53. The minimum absolute atomic E-state index is 0.150. The first-order chi connectivity index (χ1) is 15.4. The zero-order chi connectivity index (χ0) is 22.7. The SMILES string of the molecule is Cc1c(C#N)c(NC(=O)CNC2(c3ccc(Cl)cc3)CCCC2)n(Cc2ccco2)c1C. The summed E-state index contributed by atoms with van der Waals surface area (Å²) >= 11 is 6.07. The molecule has 0 radical (unpaired) electrons. The van der Waals surface area contributed by atoms with Crippen molar-refractivity contribution in [1.82, 2.24) is 9.88 Å². The normalized spacial score (nSPS) is 14.9. The molecule has 166 valence electrons. The lowest BCUT2D eigenvalue weighted by molar-refractivity contribution is -0.115. The molecule has 0 bridgehead atoms. The van der Waals surface area contributed by atoms with Crippen molar-refractivity contribution in [3.8, 4) is 6.07 Å². The summed E-state index contributed by atoms with van der Waals surface area (Å²) in [6, 6.07) is 13.8. The van der Waals surface area contributed by atoms with Crippen LogP contribution in [-0.2, 0) is 16.9 Å². The Bertz CT molecular complexity index is 1130. The molecule has 4 rings (SSSR count). The second-order valence-corrected chi connectivity index (χ2v) is 8.85. The van der Waals surface area contributed by atoms with Crippen LogP contribution in [0.2, 0.25) is 5.02 Å². The monoisotopic (exact) mass is 450 g/mol. The lowest BCUT2D eigenvalue weighted by atomic mass is 9.88. The minimum Gasteiger partial charge on any atom is -0.467 e. The maximum Gasteiger partial charge on any atom is 0.239 e. The van der Waals surface area contributed by atoms with Gasteiger partial charge in [-0.05, 0) is 62.1 Å². The van der Waals surface area contributed by atoms with E-state index in [4.69, 9.17) is 16.0 Å². The Morgan fingerprint density at radius 1 is 1.22 bits per heavy atom. The van der Waals surface area contributed by atoms with Gasteiger partial charge in [-0.2, -0.15) is 5.26 Å². The highest BCUT2D eigenvalue weighted by Crippen LogP contribution is 2.39. The molecule has 32 heavy (non-hydrogen) atoms. The predicted octanol–water partition coefficient (Wildman–Crippen LogP) is 5.27. The van der Waals surface area contributed by atoms with Crippen molar-refractivity contribution in [3.63, 3.8) is 0 Å². The van der Waals surface area contributed by atoms with E-state index >= 15 is 0 Å². The summed E-state index contributed by atoms with van der Waals surface area (Å²) < 4.78 is 7.41. The summed E-state index contributed by atoms with van der Waals surface area (Å²) in [5.41, 5.74) is 3.18. The molecule has 7 heteroatoms. The molecule has 6 nitrogen and oxygen atoms in total. The largest absolute Gasteiger partial charge is 0.467 e. The Morgan fingerprint density at radius 2 is 1.94 bits per heavy atom. The van der Waals surface area contributed by atoms with E-state index in [9.17, 15) is 10.1 Å². The molecule has 1 aliphatic carbocycles. The van der Waals surface area contributed by atoms with Gasteiger partial charge < -0.3 is 14.3 Å². The molecule has 0 saturated heterocycles. The van der Waals surface area contributed by atoms with Crippen LogP contribution in [0.5, 0.6) is 0 Å². The maximum atomic E-state index is 13.0. The average Bonchev–Trinajstić information content (AvgIpc) is 3.52. The summed E-state index contributed by atoms with van der Waals surface area (Å²) in [6.07, 6.45) is 5.78.